The zero-order valence-electron chi connectivity index (χ0n) is 14.9. The summed E-state index contributed by atoms with van der Waals surface area (Å²) in [5.74, 6) is -4.68. The Morgan fingerprint density at radius 2 is 1.28 bits per heavy atom. The summed E-state index contributed by atoms with van der Waals surface area (Å²) in [6, 6.07) is 0. The molecular weight excluding hydrogens is 332 g/mol. The Labute approximate surface area is 146 Å². The number of rotatable bonds is 8. The molecular formula is C17H24O8. The molecule has 2 aliphatic rings. The molecule has 0 bridgehead atoms. The van der Waals surface area contributed by atoms with Crippen LogP contribution in [0.3, 0.4) is 0 Å². The molecule has 8 heteroatoms. The van der Waals surface area contributed by atoms with Crippen LogP contribution in [0, 0.1) is 23.7 Å². The van der Waals surface area contributed by atoms with Gasteiger partial charge in [-0.15, -0.1) is 0 Å². The van der Waals surface area contributed by atoms with Crippen molar-refractivity contribution < 1.29 is 38.1 Å². The van der Waals surface area contributed by atoms with Gasteiger partial charge in [-0.05, 0) is 26.2 Å². The molecule has 0 aromatic rings. The fraction of sp³-hybridized carbons (Fsp3) is 0.765. The van der Waals surface area contributed by atoms with E-state index in [9.17, 15) is 19.2 Å². The number of hydrogen-bond acceptors (Lipinski definition) is 8. The lowest BCUT2D eigenvalue weighted by Gasteiger charge is -2.23. The van der Waals surface area contributed by atoms with Crippen molar-refractivity contribution in [3.63, 3.8) is 0 Å². The summed E-state index contributed by atoms with van der Waals surface area (Å²) in [6.07, 6.45) is 0.159. The van der Waals surface area contributed by atoms with Gasteiger partial charge in [-0.2, -0.15) is 0 Å². The van der Waals surface area contributed by atoms with Crippen LogP contribution in [-0.2, 0) is 38.1 Å². The summed E-state index contributed by atoms with van der Waals surface area (Å²) in [7, 11) is 3.00. The van der Waals surface area contributed by atoms with E-state index in [0.717, 1.165) is 0 Å². The van der Waals surface area contributed by atoms with Crippen LogP contribution in [0.1, 0.15) is 33.1 Å². The van der Waals surface area contributed by atoms with Gasteiger partial charge in [0.05, 0.1) is 35.9 Å². The summed E-state index contributed by atoms with van der Waals surface area (Å²) >= 11 is 0. The Bertz CT molecular complexity index is 557. The lowest BCUT2D eigenvalue weighted by Crippen LogP contribution is -2.30. The van der Waals surface area contributed by atoms with Crippen molar-refractivity contribution in [2.45, 2.75) is 45.3 Å². The van der Waals surface area contributed by atoms with Crippen molar-refractivity contribution in [1.82, 2.24) is 0 Å². The van der Waals surface area contributed by atoms with Crippen LogP contribution in [0.15, 0.2) is 0 Å². The highest BCUT2D eigenvalue weighted by molar-refractivity contribution is 5.97. The van der Waals surface area contributed by atoms with E-state index in [1.807, 2.05) is 6.92 Å². The summed E-state index contributed by atoms with van der Waals surface area (Å²) < 4.78 is 20.0. The van der Waals surface area contributed by atoms with Crippen LogP contribution >= 0.6 is 0 Å². The molecule has 0 aromatic carbocycles. The maximum Gasteiger partial charge on any atom is 0.317 e. The van der Waals surface area contributed by atoms with Gasteiger partial charge < -0.3 is 18.9 Å². The Morgan fingerprint density at radius 3 is 1.76 bits per heavy atom. The molecule has 0 N–H and O–H groups in total. The van der Waals surface area contributed by atoms with E-state index in [1.54, 1.807) is 6.92 Å². The van der Waals surface area contributed by atoms with E-state index in [1.165, 1.54) is 14.2 Å². The number of carbonyl (C=O) groups is 4. The number of carbonyl (C=O) groups excluding carboxylic acids is 4. The fourth-order valence-corrected chi connectivity index (χ4v) is 3.35. The molecule has 0 spiro atoms. The van der Waals surface area contributed by atoms with Crippen LogP contribution in [0.5, 0.6) is 0 Å². The number of hydrogen-bond donors (Lipinski definition) is 0. The lowest BCUT2D eigenvalue weighted by atomic mass is 9.82. The quantitative estimate of drug-likeness (QED) is 0.466. The minimum Gasteiger partial charge on any atom is -0.393 e. The molecule has 0 radical (unpaired) electrons. The molecule has 25 heavy (non-hydrogen) atoms. The van der Waals surface area contributed by atoms with E-state index in [0.29, 0.717) is 6.42 Å². The van der Waals surface area contributed by atoms with Gasteiger partial charge in [0.25, 0.3) is 0 Å². The highest BCUT2D eigenvalue weighted by Gasteiger charge is 2.47. The Morgan fingerprint density at radius 1 is 0.800 bits per heavy atom. The second-order valence-electron chi connectivity index (χ2n) is 6.70. The Hall–Kier alpha value is -1.80. The van der Waals surface area contributed by atoms with Gasteiger partial charge in [-0.3, -0.25) is 19.2 Å². The van der Waals surface area contributed by atoms with Crippen molar-refractivity contribution >= 4 is 23.9 Å². The van der Waals surface area contributed by atoms with Gasteiger partial charge in [-0.25, -0.2) is 0 Å². The zero-order chi connectivity index (χ0) is 18.7. The van der Waals surface area contributed by atoms with E-state index < -0.39 is 53.7 Å². The Kier molecular flexibility index (Phi) is 6.29. The van der Waals surface area contributed by atoms with E-state index in [2.05, 4.69) is 4.74 Å². The largest absolute Gasteiger partial charge is 0.393 e. The van der Waals surface area contributed by atoms with E-state index in [4.69, 9.17) is 14.2 Å². The van der Waals surface area contributed by atoms with Crippen molar-refractivity contribution in [3.8, 4) is 0 Å². The highest BCUT2D eigenvalue weighted by Crippen LogP contribution is 2.35. The predicted molar refractivity (Wildman–Crippen MR) is 83.0 cm³/mol. The molecule has 8 nitrogen and oxygen atoms in total. The number of ether oxygens (including phenoxy) is 4. The molecule has 0 amide bonds. The molecule has 0 saturated carbocycles. The molecule has 2 saturated heterocycles. The number of cyclic esters (lactones) is 4. The highest BCUT2D eigenvalue weighted by atomic mass is 16.6. The molecule has 6 atom stereocenters. The molecule has 2 aliphatic heterocycles. The first-order valence-electron chi connectivity index (χ1n) is 8.35. The van der Waals surface area contributed by atoms with Gasteiger partial charge in [0.1, 0.15) is 0 Å². The van der Waals surface area contributed by atoms with E-state index in [-0.39, 0.29) is 18.9 Å². The molecule has 0 aliphatic carbocycles. The normalized spacial score (nSPS) is 31.8. The summed E-state index contributed by atoms with van der Waals surface area (Å²) in [6.45, 7) is 3.43. The minimum absolute atomic E-state index is 0.200. The van der Waals surface area contributed by atoms with Gasteiger partial charge in [0.15, 0.2) is 0 Å². The minimum atomic E-state index is -0.654. The molecule has 6 unspecified atom stereocenters. The summed E-state index contributed by atoms with van der Waals surface area (Å²) in [4.78, 5) is 47.3. The molecule has 140 valence electrons. The van der Waals surface area contributed by atoms with E-state index >= 15 is 0 Å². The molecule has 0 aromatic heterocycles. The first-order chi connectivity index (χ1) is 11.8. The third-order valence-corrected chi connectivity index (χ3v) is 5.13. The summed E-state index contributed by atoms with van der Waals surface area (Å²) in [5, 5.41) is 0. The molecule has 2 heterocycles. The van der Waals surface area contributed by atoms with Crippen LogP contribution in [0.2, 0.25) is 0 Å². The molecule has 2 fully saturated rings. The predicted octanol–water partition coefficient (Wildman–Crippen LogP) is 0.858. The van der Waals surface area contributed by atoms with Crippen LogP contribution in [0.25, 0.3) is 0 Å². The number of esters is 4. The smallest absolute Gasteiger partial charge is 0.317 e. The third kappa shape index (κ3) is 4.24. The topological polar surface area (TPSA) is 105 Å². The number of methoxy groups -OCH3 is 2. The average Bonchev–Trinajstić information content (AvgIpc) is 2.96. The van der Waals surface area contributed by atoms with Crippen molar-refractivity contribution in [1.29, 1.82) is 0 Å². The zero-order valence-corrected chi connectivity index (χ0v) is 14.9. The van der Waals surface area contributed by atoms with Crippen LogP contribution < -0.4 is 0 Å². The maximum absolute atomic E-state index is 12.0. The van der Waals surface area contributed by atoms with Gasteiger partial charge in [0.2, 0.25) is 0 Å². The fourth-order valence-electron chi connectivity index (χ4n) is 3.35. The van der Waals surface area contributed by atoms with Crippen LogP contribution in [0.4, 0.5) is 0 Å². The monoisotopic (exact) mass is 356 g/mol. The molecule has 2 rings (SSSR count). The first-order valence-corrected chi connectivity index (χ1v) is 8.35. The van der Waals surface area contributed by atoms with Gasteiger partial charge in [0, 0.05) is 14.2 Å². The standard InChI is InChI=1S/C17H24O8/c1-8(22-3)5-12-13(17(21)25-16(12)20)7-10(23-4)6-11-9(2)14(18)24-15(11)19/h8-13H,5-7H2,1-4H3. The average molecular weight is 356 g/mol. The van der Waals surface area contributed by atoms with Gasteiger partial charge in [-0.1, -0.05) is 6.92 Å². The Balaban J connectivity index is 2.05. The maximum atomic E-state index is 12.0. The first kappa shape index (κ1) is 19.5. The van der Waals surface area contributed by atoms with Crippen molar-refractivity contribution in [2.24, 2.45) is 23.7 Å². The second-order valence-corrected chi connectivity index (χ2v) is 6.70. The third-order valence-electron chi connectivity index (χ3n) is 5.13. The SMILES string of the molecule is COC(C)CC1C(=O)OC(=O)C1CC(CC1C(=O)OC(=O)C1C)OC. The summed E-state index contributed by atoms with van der Waals surface area (Å²) in [5.41, 5.74) is 0. The van der Waals surface area contributed by atoms with Gasteiger partial charge >= 0.3 is 23.9 Å². The lowest BCUT2D eigenvalue weighted by molar-refractivity contribution is -0.155. The van der Waals surface area contributed by atoms with Crippen molar-refractivity contribution in [3.05, 3.63) is 0 Å². The van der Waals surface area contributed by atoms with Crippen LogP contribution in [-0.4, -0.2) is 50.3 Å². The second kappa shape index (κ2) is 8.05. The van der Waals surface area contributed by atoms with Crippen molar-refractivity contribution in [2.75, 3.05) is 14.2 Å².